The summed E-state index contributed by atoms with van der Waals surface area (Å²) in [6.07, 6.45) is 1.36. The van der Waals surface area contributed by atoms with Gasteiger partial charge in [0, 0.05) is 0 Å². The van der Waals surface area contributed by atoms with E-state index in [1.807, 2.05) is 0 Å². The molecule has 1 aliphatic heterocycles. The van der Waals surface area contributed by atoms with E-state index in [4.69, 9.17) is 23.8 Å². The number of anilines is 1. The van der Waals surface area contributed by atoms with Crippen LogP contribution in [0.2, 0.25) is 0 Å². The summed E-state index contributed by atoms with van der Waals surface area (Å²) in [5.41, 5.74) is 0.103. The van der Waals surface area contributed by atoms with E-state index in [1.165, 1.54) is 6.33 Å². The molecule has 1 fully saturated rings. The van der Waals surface area contributed by atoms with Gasteiger partial charge in [0.25, 0.3) is 5.56 Å². The van der Waals surface area contributed by atoms with E-state index in [-0.39, 0.29) is 33.7 Å². The summed E-state index contributed by atoms with van der Waals surface area (Å²) in [4.78, 5) is 24.9. The summed E-state index contributed by atoms with van der Waals surface area (Å²) >= 11 is 11.1. The highest BCUT2D eigenvalue weighted by molar-refractivity contribution is 7.91. The van der Waals surface area contributed by atoms with E-state index in [2.05, 4.69) is 30.6 Å². The zero-order valence-corrected chi connectivity index (χ0v) is 13.3. The topological polar surface area (TPSA) is 133 Å². The van der Waals surface area contributed by atoms with Crippen molar-refractivity contribution in [1.29, 1.82) is 0 Å². The minimum Gasteiger partial charge on any atom is -0.357 e. The van der Waals surface area contributed by atoms with Crippen molar-refractivity contribution in [3.8, 4) is 0 Å². The second kappa shape index (κ2) is 5.48. The predicted molar refractivity (Wildman–Crippen MR) is 85.9 cm³/mol. The smallest absolute Gasteiger partial charge is 0.278 e. The largest absolute Gasteiger partial charge is 0.357 e. The molecule has 0 unspecified atom stereocenters. The highest BCUT2D eigenvalue weighted by Gasteiger charge is 2.36. The van der Waals surface area contributed by atoms with E-state index in [0.717, 1.165) is 0 Å². The maximum absolute atomic E-state index is 11.8. The first-order valence-corrected chi connectivity index (χ1v) is 8.86. The highest BCUT2D eigenvalue weighted by atomic mass is 35.5. The van der Waals surface area contributed by atoms with E-state index >= 15 is 0 Å². The van der Waals surface area contributed by atoms with Crippen LogP contribution in [0.5, 0.6) is 0 Å². The summed E-state index contributed by atoms with van der Waals surface area (Å²) in [6.45, 7) is 0. The molecule has 0 bridgehead atoms. The lowest BCUT2D eigenvalue weighted by molar-refractivity contribution is 0.600. The van der Waals surface area contributed by atoms with Crippen LogP contribution in [-0.4, -0.2) is 56.4 Å². The molecule has 0 aromatic carbocycles. The normalized spacial score (nSPS) is 23.5. The lowest BCUT2D eigenvalue weighted by Gasteiger charge is -2.16. The Hall–Kier alpha value is -1.72. The number of aromatic amines is 2. The highest BCUT2D eigenvalue weighted by Crippen LogP contribution is 2.18. The van der Waals surface area contributed by atoms with E-state index in [0.29, 0.717) is 0 Å². The first-order chi connectivity index (χ1) is 10.3. The van der Waals surface area contributed by atoms with Crippen molar-refractivity contribution in [2.24, 2.45) is 0 Å². The molecule has 1 aliphatic rings. The molecule has 22 heavy (non-hydrogen) atoms. The summed E-state index contributed by atoms with van der Waals surface area (Å²) < 4.78 is 23.0. The molecule has 2 aromatic heterocycles. The molecule has 2 aromatic rings. The number of rotatable bonds is 2. The summed E-state index contributed by atoms with van der Waals surface area (Å²) in [7, 11) is -3.16. The fourth-order valence-corrected chi connectivity index (χ4v) is 4.95. The first-order valence-electron chi connectivity index (χ1n) is 6.19. The van der Waals surface area contributed by atoms with Crippen LogP contribution >= 0.6 is 23.8 Å². The van der Waals surface area contributed by atoms with Crippen LogP contribution in [0, 0.1) is 0 Å². The standard InChI is InChI=1S/C10H11ClN6O3S2/c11-4-1-22(19,20)2-5(4)14-10(21)17-9-15-7-6(8(18)16-9)12-3-13-7/h3-5H,1-2H2,(H4,12,13,14,15,16,17,18,21)/t4-,5-/m1/s1. The molecule has 9 nitrogen and oxygen atoms in total. The maximum atomic E-state index is 11.8. The van der Waals surface area contributed by atoms with Crippen LogP contribution in [0.1, 0.15) is 0 Å². The number of hydrogen-bond donors (Lipinski definition) is 4. The van der Waals surface area contributed by atoms with Gasteiger partial charge in [0.05, 0.1) is 29.3 Å². The fraction of sp³-hybridized carbons (Fsp3) is 0.400. The Labute approximate surface area is 134 Å². The summed E-state index contributed by atoms with van der Waals surface area (Å²) in [5.74, 6) is -0.0804. The quantitative estimate of drug-likeness (QED) is 0.408. The Morgan fingerprint density at radius 1 is 1.45 bits per heavy atom. The van der Waals surface area contributed by atoms with Crippen molar-refractivity contribution in [3.63, 3.8) is 0 Å². The second-order valence-corrected chi connectivity index (χ2v) is 7.94. The minimum atomic E-state index is -3.16. The number of nitrogens with one attached hydrogen (secondary N) is 4. The van der Waals surface area contributed by atoms with Gasteiger partial charge in [-0.15, -0.1) is 11.6 Å². The Kier molecular flexibility index (Phi) is 3.78. The fourth-order valence-electron chi connectivity index (χ4n) is 2.15. The van der Waals surface area contributed by atoms with Gasteiger partial charge in [0.15, 0.2) is 26.1 Å². The predicted octanol–water partition coefficient (Wildman–Crippen LogP) is -0.663. The van der Waals surface area contributed by atoms with Crippen LogP contribution in [0.15, 0.2) is 11.1 Å². The first kappa shape index (κ1) is 15.2. The van der Waals surface area contributed by atoms with Gasteiger partial charge in [0.1, 0.15) is 0 Å². The van der Waals surface area contributed by atoms with Gasteiger partial charge in [-0.1, -0.05) is 0 Å². The molecule has 0 saturated carbocycles. The van der Waals surface area contributed by atoms with Crippen LogP contribution in [-0.2, 0) is 9.84 Å². The molecule has 2 atom stereocenters. The van der Waals surface area contributed by atoms with Crippen molar-refractivity contribution in [3.05, 3.63) is 16.7 Å². The third kappa shape index (κ3) is 3.05. The summed E-state index contributed by atoms with van der Waals surface area (Å²) in [6, 6.07) is -0.493. The molecular formula is C10H11ClN6O3S2. The van der Waals surface area contributed by atoms with E-state index < -0.39 is 26.8 Å². The van der Waals surface area contributed by atoms with E-state index in [1.54, 1.807) is 0 Å². The van der Waals surface area contributed by atoms with Gasteiger partial charge >= 0.3 is 0 Å². The zero-order chi connectivity index (χ0) is 15.9. The molecule has 0 radical (unpaired) electrons. The van der Waals surface area contributed by atoms with Crippen LogP contribution in [0.4, 0.5) is 5.95 Å². The lowest BCUT2D eigenvalue weighted by atomic mass is 10.2. The number of aromatic nitrogens is 4. The van der Waals surface area contributed by atoms with Crippen molar-refractivity contribution >= 4 is 55.9 Å². The molecule has 0 amide bonds. The third-order valence-electron chi connectivity index (χ3n) is 3.13. The lowest BCUT2D eigenvalue weighted by Crippen LogP contribution is -2.43. The van der Waals surface area contributed by atoms with Gasteiger partial charge in [-0.2, -0.15) is 4.98 Å². The zero-order valence-electron chi connectivity index (χ0n) is 11.0. The SMILES string of the molecule is O=c1[nH]c(NC(=S)N[C@@H]2CS(=O)(=O)C[C@H]2Cl)nc2nc[nH]c12. The average Bonchev–Trinajstić information content (AvgIpc) is 2.94. The number of fused-ring (bicyclic) bond motifs is 1. The number of imidazole rings is 1. The second-order valence-electron chi connectivity index (χ2n) is 4.81. The number of thiocarbonyl (C=S) groups is 1. The molecule has 12 heteroatoms. The molecule has 118 valence electrons. The molecule has 0 aliphatic carbocycles. The maximum Gasteiger partial charge on any atom is 0.278 e. The van der Waals surface area contributed by atoms with Crippen molar-refractivity contribution in [1.82, 2.24) is 25.3 Å². The van der Waals surface area contributed by atoms with Crippen LogP contribution < -0.4 is 16.2 Å². The van der Waals surface area contributed by atoms with Crippen molar-refractivity contribution in [2.75, 3.05) is 16.8 Å². The van der Waals surface area contributed by atoms with Gasteiger partial charge in [0.2, 0.25) is 5.95 Å². The third-order valence-corrected chi connectivity index (χ3v) is 5.72. The van der Waals surface area contributed by atoms with Crippen molar-refractivity contribution in [2.45, 2.75) is 11.4 Å². The van der Waals surface area contributed by atoms with Crippen LogP contribution in [0.3, 0.4) is 0 Å². The Morgan fingerprint density at radius 3 is 2.91 bits per heavy atom. The monoisotopic (exact) mass is 362 g/mol. The Balaban J connectivity index is 1.72. The van der Waals surface area contributed by atoms with Gasteiger partial charge < -0.3 is 15.6 Å². The molecule has 3 rings (SSSR count). The number of hydrogen-bond acceptors (Lipinski definition) is 6. The van der Waals surface area contributed by atoms with Gasteiger partial charge in [-0.3, -0.25) is 9.78 Å². The van der Waals surface area contributed by atoms with E-state index in [9.17, 15) is 13.2 Å². The Morgan fingerprint density at radius 2 is 2.23 bits per heavy atom. The number of halogens is 1. The molecular weight excluding hydrogens is 352 g/mol. The molecule has 1 saturated heterocycles. The Bertz CT molecular complexity index is 891. The van der Waals surface area contributed by atoms with Gasteiger partial charge in [-0.05, 0) is 12.2 Å². The number of sulfone groups is 1. The molecule has 0 spiro atoms. The molecule has 3 heterocycles. The van der Waals surface area contributed by atoms with Crippen molar-refractivity contribution < 1.29 is 8.42 Å². The number of H-pyrrole nitrogens is 2. The average molecular weight is 363 g/mol. The minimum absolute atomic E-state index is 0.0919. The molecule has 4 N–H and O–H groups in total. The number of nitrogens with zero attached hydrogens (tertiary/aromatic N) is 2. The number of alkyl halides is 1. The van der Waals surface area contributed by atoms with Gasteiger partial charge in [-0.25, -0.2) is 13.4 Å². The van der Waals surface area contributed by atoms with Crippen LogP contribution in [0.25, 0.3) is 11.2 Å². The summed E-state index contributed by atoms with van der Waals surface area (Å²) in [5, 5.41) is 5.05.